The molecule has 0 amide bonds. The molecular weight excluding hydrogens is 278 g/mol. The molecule has 5 heteroatoms. The van der Waals surface area contributed by atoms with Gasteiger partial charge in [0.15, 0.2) is 0 Å². The van der Waals surface area contributed by atoms with Crippen LogP contribution < -0.4 is 0 Å². The zero-order valence-corrected chi connectivity index (χ0v) is 9.66. The molecule has 0 N–H and O–H groups in total. The third-order valence-corrected chi connectivity index (χ3v) is 2.45. The predicted octanol–water partition coefficient (Wildman–Crippen LogP) is 3.38. The average molecular weight is 285 g/mol. The molecule has 16 heavy (non-hydrogen) atoms. The highest BCUT2D eigenvalue weighted by atomic mass is 79.9. The lowest BCUT2D eigenvalue weighted by Gasteiger charge is -2.14. The van der Waals surface area contributed by atoms with Gasteiger partial charge in [0.2, 0.25) is 5.82 Å². The van der Waals surface area contributed by atoms with Gasteiger partial charge in [-0.1, -0.05) is 30.3 Å². The Morgan fingerprint density at radius 2 is 1.56 bits per heavy atom. The zero-order valence-electron chi connectivity index (χ0n) is 8.07. The fourth-order valence-electron chi connectivity index (χ4n) is 1.25. The van der Waals surface area contributed by atoms with E-state index >= 15 is 0 Å². The topological polar surface area (TPSA) is 25.8 Å². The molecule has 0 spiro atoms. The van der Waals surface area contributed by atoms with E-state index in [1.54, 1.807) is 18.2 Å². The molecule has 0 saturated heterocycles. The summed E-state index contributed by atoms with van der Waals surface area (Å²) in [5.74, 6) is -3.66. The van der Waals surface area contributed by atoms with Gasteiger partial charge in [0.25, 0.3) is 0 Å². The molecule has 2 nitrogen and oxygen atoms in total. The standard InChI is InChI=1S/C11H7BrF2N2/c12-9-6-15-10(16-7-9)11(13,14)8-4-2-1-3-5-8/h1-7H. The molecule has 0 aliphatic carbocycles. The van der Waals surface area contributed by atoms with Crippen molar-refractivity contribution in [2.45, 2.75) is 5.92 Å². The first-order chi connectivity index (χ1) is 7.60. The molecule has 2 rings (SSSR count). The molecule has 1 aromatic heterocycles. The smallest absolute Gasteiger partial charge is 0.234 e. The molecule has 0 bridgehead atoms. The van der Waals surface area contributed by atoms with E-state index in [0.717, 1.165) is 0 Å². The summed E-state index contributed by atoms with van der Waals surface area (Å²) in [7, 11) is 0. The van der Waals surface area contributed by atoms with Gasteiger partial charge in [0, 0.05) is 18.0 Å². The zero-order chi connectivity index (χ0) is 11.6. The first-order valence-corrected chi connectivity index (χ1v) is 5.31. The second kappa shape index (κ2) is 4.25. The SMILES string of the molecule is FC(F)(c1ccccc1)c1ncc(Br)cn1. The minimum Gasteiger partial charge on any atom is -0.234 e. The number of hydrogen-bond donors (Lipinski definition) is 0. The van der Waals surface area contributed by atoms with Crippen LogP contribution in [0.4, 0.5) is 8.78 Å². The van der Waals surface area contributed by atoms with Crippen LogP contribution in [0.2, 0.25) is 0 Å². The molecule has 0 unspecified atom stereocenters. The summed E-state index contributed by atoms with van der Waals surface area (Å²) >= 11 is 3.10. The van der Waals surface area contributed by atoms with Gasteiger partial charge in [0.05, 0.1) is 4.47 Å². The molecule has 82 valence electrons. The van der Waals surface area contributed by atoms with Crippen LogP contribution in [0.25, 0.3) is 0 Å². The quantitative estimate of drug-likeness (QED) is 0.845. The highest BCUT2D eigenvalue weighted by molar-refractivity contribution is 9.10. The highest BCUT2D eigenvalue weighted by Gasteiger charge is 2.36. The van der Waals surface area contributed by atoms with E-state index in [2.05, 4.69) is 25.9 Å². The lowest BCUT2D eigenvalue weighted by atomic mass is 10.1. The van der Waals surface area contributed by atoms with Gasteiger partial charge >= 0.3 is 5.92 Å². The van der Waals surface area contributed by atoms with Crippen LogP contribution >= 0.6 is 15.9 Å². The Hall–Kier alpha value is -1.36. The third-order valence-electron chi connectivity index (χ3n) is 2.04. The van der Waals surface area contributed by atoms with E-state index in [9.17, 15) is 8.78 Å². The first-order valence-electron chi connectivity index (χ1n) is 4.52. The molecule has 1 aromatic carbocycles. The van der Waals surface area contributed by atoms with Gasteiger partial charge in [0.1, 0.15) is 0 Å². The number of rotatable bonds is 2. The molecule has 0 atom stereocenters. The van der Waals surface area contributed by atoms with Crippen molar-refractivity contribution in [3.05, 3.63) is 58.6 Å². The van der Waals surface area contributed by atoms with Gasteiger partial charge in [-0.25, -0.2) is 9.97 Å². The van der Waals surface area contributed by atoms with Crippen LogP contribution in [-0.4, -0.2) is 9.97 Å². The van der Waals surface area contributed by atoms with Crippen LogP contribution in [0.15, 0.2) is 47.2 Å². The Morgan fingerprint density at radius 1 is 1.00 bits per heavy atom. The summed E-state index contributed by atoms with van der Waals surface area (Å²) in [5.41, 5.74) is -0.114. The van der Waals surface area contributed by atoms with E-state index in [0.29, 0.717) is 4.47 Å². The maximum Gasteiger partial charge on any atom is 0.331 e. The van der Waals surface area contributed by atoms with Crippen LogP contribution in [-0.2, 0) is 5.92 Å². The van der Waals surface area contributed by atoms with E-state index in [1.807, 2.05) is 0 Å². The maximum absolute atomic E-state index is 13.9. The van der Waals surface area contributed by atoms with E-state index < -0.39 is 11.7 Å². The molecule has 2 aromatic rings. The Morgan fingerprint density at radius 3 is 2.12 bits per heavy atom. The molecule has 0 aliphatic heterocycles. The van der Waals surface area contributed by atoms with E-state index in [1.165, 1.54) is 24.5 Å². The second-order valence-electron chi connectivity index (χ2n) is 3.17. The number of halogens is 3. The van der Waals surface area contributed by atoms with Crippen LogP contribution in [0.1, 0.15) is 11.4 Å². The Bertz CT molecular complexity index is 471. The van der Waals surface area contributed by atoms with Crippen LogP contribution in [0, 0.1) is 0 Å². The van der Waals surface area contributed by atoms with Gasteiger partial charge in [-0.2, -0.15) is 8.78 Å². The van der Waals surface area contributed by atoms with Crippen molar-refractivity contribution in [2.24, 2.45) is 0 Å². The molecule has 0 saturated carbocycles. The van der Waals surface area contributed by atoms with Crippen molar-refractivity contribution in [3.8, 4) is 0 Å². The van der Waals surface area contributed by atoms with Crippen LogP contribution in [0.3, 0.4) is 0 Å². The lowest BCUT2D eigenvalue weighted by Crippen LogP contribution is -2.18. The Labute approximate surface area is 99.5 Å². The van der Waals surface area contributed by atoms with Crippen molar-refractivity contribution < 1.29 is 8.78 Å². The minimum atomic E-state index is -3.16. The fourth-order valence-corrected chi connectivity index (χ4v) is 1.46. The van der Waals surface area contributed by atoms with Gasteiger partial charge in [-0.05, 0) is 15.9 Å². The van der Waals surface area contributed by atoms with Crippen LogP contribution in [0.5, 0.6) is 0 Å². The second-order valence-corrected chi connectivity index (χ2v) is 4.08. The Balaban J connectivity index is 2.43. The largest absolute Gasteiger partial charge is 0.331 e. The van der Waals surface area contributed by atoms with E-state index in [4.69, 9.17) is 0 Å². The lowest BCUT2D eigenvalue weighted by molar-refractivity contribution is 0.0327. The number of aromatic nitrogens is 2. The maximum atomic E-state index is 13.9. The molecular formula is C11H7BrF2N2. The van der Waals surface area contributed by atoms with Crippen molar-refractivity contribution in [2.75, 3.05) is 0 Å². The number of hydrogen-bond acceptors (Lipinski definition) is 2. The van der Waals surface area contributed by atoms with Crippen molar-refractivity contribution in [1.82, 2.24) is 9.97 Å². The molecule has 0 aliphatic rings. The van der Waals surface area contributed by atoms with Crippen molar-refractivity contribution in [3.63, 3.8) is 0 Å². The highest BCUT2D eigenvalue weighted by Crippen LogP contribution is 2.32. The summed E-state index contributed by atoms with van der Waals surface area (Å²) in [6.45, 7) is 0. The number of nitrogens with zero attached hydrogens (tertiary/aromatic N) is 2. The number of alkyl halides is 2. The minimum absolute atomic E-state index is 0.114. The molecule has 0 fully saturated rings. The number of benzene rings is 1. The summed E-state index contributed by atoms with van der Waals surface area (Å²) in [6, 6.07) is 7.50. The summed E-state index contributed by atoms with van der Waals surface area (Å²) in [4.78, 5) is 7.24. The van der Waals surface area contributed by atoms with E-state index in [-0.39, 0.29) is 5.56 Å². The van der Waals surface area contributed by atoms with Crippen molar-refractivity contribution >= 4 is 15.9 Å². The molecule has 0 radical (unpaired) electrons. The average Bonchev–Trinajstić information content (AvgIpc) is 2.31. The summed E-state index contributed by atoms with van der Waals surface area (Å²) in [5, 5.41) is 0. The predicted molar refractivity (Wildman–Crippen MR) is 59.2 cm³/mol. The Kier molecular flexibility index (Phi) is 2.96. The monoisotopic (exact) mass is 284 g/mol. The fraction of sp³-hybridized carbons (Fsp3) is 0.0909. The van der Waals surface area contributed by atoms with Crippen molar-refractivity contribution in [1.29, 1.82) is 0 Å². The first kappa shape index (κ1) is 11.1. The van der Waals surface area contributed by atoms with Gasteiger partial charge in [-0.3, -0.25) is 0 Å². The summed E-state index contributed by atoms with van der Waals surface area (Å²) in [6.07, 6.45) is 2.61. The third kappa shape index (κ3) is 2.09. The normalized spacial score (nSPS) is 11.4. The van der Waals surface area contributed by atoms with Gasteiger partial charge < -0.3 is 0 Å². The summed E-state index contributed by atoms with van der Waals surface area (Å²) < 4.78 is 28.3. The van der Waals surface area contributed by atoms with Gasteiger partial charge in [-0.15, -0.1) is 0 Å². The molecule has 1 heterocycles.